The quantitative estimate of drug-likeness (QED) is 0.508. The minimum absolute atomic E-state index is 0.130. The van der Waals surface area contributed by atoms with Gasteiger partial charge < -0.3 is 15.7 Å². The Kier molecular flexibility index (Phi) is 7.22. The number of nitrogens with zero attached hydrogens (tertiary/aromatic N) is 2. The maximum absolute atomic E-state index is 13.4. The summed E-state index contributed by atoms with van der Waals surface area (Å²) in [6.45, 7) is 3.22. The number of rotatable bonds is 6. The number of hydrogen-bond donors (Lipinski definition) is 3. The van der Waals surface area contributed by atoms with E-state index in [4.69, 9.17) is 0 Å². The van der Waals surface area contributed by atoms with Gasteiger partial charge in [0, 0.05) is 32.7 Å². The normalized spacial score (nSPS) is 17.3. The van der Waals surface area contributed by atoms with E-state index in [0.717, 1.165) is 0 Å². The highest BCUT2D eigenvalue weighted by Crippen LogP contribution is 2.17. The molecule has 0 saturated carbocycles. The van der Waals surface area contributed by atoms with Crippen LogP contribution in [0.5, 0.6) is 5.75 Å². The van der Waals surface area contributed by atoms with Crippen molar-refractivity contribution in [2.24, 2.45) is 4.99 Å². The number of phenols is 1. The number of guanidine groups is 1. The molecule has 1 aromatic carbocycles. The minimum atomic E-state index is -3.14. The van der Waals surface area contributed by atoms with E-state index in [1.165, 1.54) is 12.1 Å². The number of hydrogen-bond acceptors (Lipinski definition) is 4. The average Bonchev–Trinajstić information content (AvgIpc) is 2.61. The van der Waals surface area contributed by atoms with Gasteiger partial charge in [0.1, 0.15) is 0 Å². The Balaban J connectivity index is 1.83. The Labute approximate surface area is 154 Å². The number of aliphatic imine (C=N–C) groups is 1. The van der Waals surface area contributed by atoms with Gasteiger partial charge >= 0.3 is 0 Å². The summed E-state index contributed by atoms with van der Waals surface area (Å²) in [5.74, 6) is -0.264. The van der Waals surface area contributed by atoms with Gasteiger partial charge in [-0.3, -0.25) is 4.99 Å². The van der Waals surface area contributed by atoms with Gasteiger partial charge in [-0.1, -0.05) is 13.0 Å². The molecule has 1 fully saturated rings. The minimum Gasteiger partial charge on any atom is -0.505 e. The van der Waals surface area contributed by atoms with E-state index in [0.29, 0.717) is 50.4 Å². The third-order valence-electron chi connectivity index (χ3n) is 4.35. The van der Waals surface area contributed by atoms with Crippen molar-refractivity contribution in [3.05, 3.63) is 29.6 Å². The van der Waals surface area contributed by atoms with Crippen LogP contribution in [0, 0.1) is 5.82 Å². The third-order valence-corrected chi connectivity index (χ3v) is 6.42. The molecule has 0 aromatic heterocycles. The molecule has 0 spiro atoms. The molecule has 146 valence electrons. The summed E-state index contributed by atoms with van der Waals surface area (Å²) in [6.07, 6.45) is 2.03. The zero-order valence-corrected chi connectivity index (χ0v) is 16.0. The number of benzene rings is 1. The summed E-state index contributed by atoms with van der Waals surface area (Å²) in [6, 6.07) is 4.35. The molecule has 3 N–H and O–H groups in total. The van der Waals surface area contributed by atoms with E-state index in [1.807, 2.05) is 6.92 Å². The number of piperidine rings is 1. The Bertz CT molecular complexity index is 732. The van der Waals surface area contributed by atoms with Crippen LogP contribution < -0.4 is 10.6 Å². The van der Waals surface area contributed by atoms with Crippen molar-refractivity contribution in [1.82, 2.24) is 14.9 Å². The largest absolute Gasteiger partial charge is 0.505 e. The van der Waals surface area contributed by atoms with Gasteiger partial charge in [-0.25, -0.2) is 17.1 Å². The van der Waals surface area contributed by atoms with E-state index in [9.17, 15) is 17.9 Å². The molecule has 0 unspecified atom stereocenters. The Morgan fingerprint density at radius 1 is 1.38 bits per heavy atom. The molecule has 0 amide bonds. The van der Waals surface area contributed by atoms with E-state index >= 15 is 0 Å². The molecule has 0 bridgehead atoms. The van der Waals surface area contributed by atoms with Crippen LogP contribution in [-0.4, -0.2) is 55.7 Å². The molecule has 9 heteroatoms. The maximum atomic E-state index is 13.4. The number of sulfonamides is 1. The lowest BCUT2D eigenvalue weighted by atomic mass is 10.1. The molecule has 2 rings (SSSR count). The first-order valence-electron chi connectivity index (χ1n) is 8.78. The topological polar surface area (TPSA) is 94.0 Å². The highest BCUT2D eigenvalue weighted by molar-refractivity contribution is 7.89. The van der Waals surface area contributed by atoms with Gasteiger partial charge in [-0.2, -0.15) is 0 Å². The highest BCUT2D eigenvalue weighted by atomic mass is 32.2. The average molecular weight is 386 g/mol. The molecule has 1 heterocycles. The molecule has 1 saturated heterocycles. The van der Waals surface area contributed by atoms with Gasteiger partial charge in [0.05, 0.1) is 5.75 Å². The zero-order valence-electron chi connectivity index (χ0n) is 15.2. The van der Waals surface area contributed by atoms with Crippen LogP contribution in [-0.2, 0) is 16.6 Å². The first kappa shape index (κ1) is 20.4. The molecule has 0 radical (unpaired) electrons. The second-order valence-corrected chi connectivity index (χ2v) is 8.43. The van der Waals surface area contributed by atoms with Crippen molar-refractivity contribution < 1.29 is 17.9 Å². The van der Waals surface area contributed by atoms with Gasteiger partial charge in [0.2, 0.25) is 10.0 Å². The van der Waals surface area contributed by atoms with Gasteiger partial charge in [-0.05, 0) is 37.0 Å². The predicted molar refractivity (Wildman–Crippen MR) is 100 cm³/mol. The van der Waals surface area contributed by atoms with E-state index in [2.05, 4.69) is 15.6 Å². The number of phenolic OH excluding ortho intramolecular Hbond substituents is 1. The van der Waals surface area contributed by atoms with Crippen LogP contribution in [0.15, 0.2) is 23.2 Å². The Morgan fingerprint density at radius 3 is 2.65 bits per heavy atom. The molecule has 0 atom stereocenters. The van der Waals surface area contributed by atoms with Crippen LogP contribution in [0.2, 0.25) is 0 Å². The monoisotopic (exact) mass is 386 g/mol. The Hall–Kier alpha value is -1.87. The third kappa shape index (κ3) is 5.57. The standard InChI is InChI=1S/C17H27FN4O3S/c1-3-10-26(24,25)22-8-6-14(7-9-22)21-17(19-2)20-12-13-4-5-16(23)15(18)11-13/h4-5,11,14,23H,3,6-10,12H2,1-2H3,(H2,19,20,21). The van der Waals surface area contributed by atoms with E-state index in [-0.39, 0.29) is 17.5 Å². The summed E-state index contributed by atoms with van der Waals surface area (Å²) in [5.41, 5.74) is 0.684. The van der Waals surface area contributed by atoms with Crippen LogP contribution in [0.1, 0.15) is 31.7 Å². The summed E-state index contributed by atoms with van der Waals surface area (Å²) < 4.78 is 39.1. The molecule has 1 aliphatic heterocycles. The first-order valence-corrected chi connectivity index (χ1v) is 10.4. The fourth-order valence-electron chi connectivity index (χ4n) is 2.90. The van der Waals surface area contributed by atoms with Gasteiger partial charge in [0.25, 0.3) is 0 Å². The number of nitrogens with one attached hydrogen (secondary N) is 2. The molecular weight excluding hydrogens is 359 g/mol. The lowest BCUT2D eigenvalue weighted by Crippen LogP contribution is -2.49. The maximum Gasteiger partial charge on any atom is 0.214 e. The van der Waals surface area contributed by atoms with E-state index < -0.39 is 15.8 Å². The second-order valence-electron chi connectivity index (χ2n) is 6.35. The SMILES string of the molecule is CCCS(=O)(=O)N1CCC(NC(=NC)NCc2ccc(O)c(F)c2)CC1. The first-order chi connectivity index (χ1) is 12.4. The molecule has 1 aromatic rings. The van der Waals surface area contributed by atoms with Crippen molar-refractivity contribution in [2.45, 2.75) is 38.8 Å². The molecule has 7 nitrogen and oxygen atoms in total. The summed E-state index contributed by atoms with van der Waals surface area (Å²) in [7, 11) is -1.49. The predicted octanol–water partition coefficient (Wildman–Crippen LogP) is 1.40. The van der Waals surface area contributed by atoms with Crippen LogP contribution in [0.4, 0.5) is 4.39 Å². The fraction of sp³-hybridized carbons (Fsp3) is 0.588. The zero-order chi connectivity index (χ0) is 19.2. The van der Waals surface area contributed by atoms with Crippen LogP contribution in [0.25, 0.3) is 0 Å². The molecule has 0 aliphatic carbocycles. The molecular formula is C17H27FN4O3S. The lowest BCUT2D eigenvalue weighted by Gasteiger charge is -2.32. The van der Waals surface area contributed by atoms with Gasteiger partial charge in [-0.15, -0.1) is 0 Å². The van der Waals surface area contributed by atoms with Crippen LogP contribution >= 0.6 is 0 Å². The van der Waals surface area contributed by atoms with Gasteiger partial charge in [0.15, 0.2) is 17.5 Å². The van der Waals surface area contributed by atoms with Crippen molar-refractivity contribution >= 4 is 16.0 Å². The smallest absolute Gasteiger partial charge is 0.214 e. The molecule has 1 aliphatic rings. The summed E-state index contributed by atoms with van der Waals surface area (Å²) in [4.78, 5) is 4.15. The highest BCUT2D eigenvalue weighted by Gasteiger charge is 2.27. The number of aromatic hydroxyl groups is 1. The van der Waals surface area contributed by atoms with Crippen molar-refractivity contribution in [3.63, 3.8) is 0 Å². The van der Waals surface area contributed by atoms with Crippen molar-refractivity contribution in [3.8, 4) is 5.75 Å². The van der Waals surface area contributed by atoms with Crippen molar-refractivity contribution in [2.75, 3.05) is 25.9 Å². The molecule has 26 heavy (non-hydrogen) atoms. The number of halogens is 1. The fourth-order valence-corrected chi connectivity index (χ4v) is 4.44. The summed E-state index contributed by atoms with van der Waals surface area (Å²) in [5, 5.41) is 15.6. The van der Waals surface area contributed by atoms with E-state index in [1.54, 1.807) is 17.4 Å². The lowest BCUT2D eigenvalue weighted by molar-refractivity contribution is 0.306. The van der Waals surface area contributed by atoms with Crippen LogP contribution in [0.3, 0.4) is 0 Å². The summed E-state index contributed by atoms with van der Waals surface area (Å²) >= 11 is 0. The van der Waals surface area contributed by atoms with Crippen molar-refractivity contribution in [1.29, 1.82) is 0 Å². The second kappa shape index (κ2) is 9.18. The Morgan fingerprint density at radius 2 is 2.08 bits per heavy atom.